The van der Waals surface area contributed by atoms with Gasteiger partial charge in [-0.05, 0) is 37.1 Å². The molecule has 7 heteroatoms. The largest absolute Gasteiger partial charge is 0.398 e. The average molecular weight is 361 g/mol. The number of para-hydroxylation sites is 1. The quantitative estimate of drug-likeness (QED) is 0.657. The predicted molar refractivity (Wildman–Crippen MR) is 99.4 cm³/mol. The maximum Gasteiger partial charge on any atom is 0.253 e. The Balaban J connectivity index is 2.11. The predicted octanol–water partition coefficient (Wildman–Crippen LogP) is 2.03. The summed E-state index contributed by atoms with van der Waals surface area (Å²) >= 11 is 0. The van der Waals surface area contributed by atoms with E-state index >= 15 is 0 Å². The first-order chi connectivity index (χ1) is 11.8. The van der Waals surface area contributed by atoms with Crippen LogP contribution < -0.4 is 15.8 Å². The van der Waals surface area contributed by atoms with E-state index in [0.29, 0.717) is 16.8 Å². The van der Waals surface area contributed by atoms with Crippen LogP contribution >= 0.6 is 0 Å². The molecule has 4 N–H and O–H groups in total. The number of carbonyl (C=O) groups excluding carboxylic acids is 1. The maximum absolute atomic E-state index is 12.3. The average Bonchev–Trinajstić information content (AvgIpc) is 2.52. The van der Waals surface area contributed by atoms with E-state index < -0.39 is 10.0 Å². The van der Waals surface area contributed by atoms with Gasteiger partial charge in [-0.2, -0.15) is 0 Å². The molecule has 0 atom stereocenters. The summed E-state index contributed by atoms with van der Waals surface area (Å²) in [7, 11) is -3.44. The molecule has 0 aliphatic rings. The van der Waals surface area contributed by atoms with E-state index in [1.165, 1.54) is 0 Å². The van der Waals surface area contributed by atoms with E-state index in [1.54, 1.807) is 56.3 Å². The Kier molecular flexibility index (Phi) is 6.17. The summed E-state index contributed by atoms with van der Waals surface area (Å²) in [6.07, 6.45) is 0. The number of nitrogens with two attached hydrogens (primary N) is 1. The van der Waals surface area contributed by atoms with Gasteiger partial charge in [-0.25, -0.2) is 13.1 Å². The van der Waals surface area contributed by atoms with Crippen molar-refractivity contribution in [2.45, 2.75) is 32.2 Å². The smallest absolute Gasteiger partial charge is 0.253 e. The van der Waals surface area contributed by atoms with Crippen LogP contribution in [0.2, 0.25) is 0 Å². The van der Waals surface area contributed by atoms with E-state index in [4.69, 9.17) is 5.73 Å². The molecule has 2 aromatic rings. The molecule has 134 valence electrons. The van der Waals surface area contributed by atoms with Gasteiger partial charge in [0.1, 0.15) is 0 Å². The lowest BCUT2D eigenvalue weighted by atomic mass is 10.1. The fourth-order valence-electron chi connectivity index (χ4n) is 2.45. The summed E-state index contributed by atoms with van der Waals surface area (Å²) in [6, 6.07) is 13.8. The van der Waals surface area contributed by atoms with Gasteiger partial charge in [0.2, 0.25) is 10.0 Å². The van der Waals surface area contributed by atoms with E-state index in [2.05, 4.69) is 10.0 Å². The molecule has 0 unspecified atom stereocenters. The number of rotatable bonds is 7. The highest BCUT2D eigenvalue weighted by molar-refractivity contribution is 7.88. The Morgan fingerprint density at radius 2 is 1.64 bits per heavy atom. The molecular formula is C18H23N3O3S. The van der Waals surface area contributed by atoms with Crippen LogP contribution in [0.5, 0.6) is 0 Å². The van der Waals surface area contributed by atoms with Gasteiger partial charge >= 0.3 is 0 Å². The second kappa shape index (κ2) is 8.13. The number of amides is 1. The van der Waals surface area contributed by atoms with Crippen LogP contribution in [0.15, 0.2) is 48.5 Å². The van der Waals surface area contributed by atoms with Gasteiger partial charge in [-0.15, -0.1) is 0 Å². The minimum Gasteiger partial charge on any atom is -0.398 e. The Morgan fingerprint density at radius 1 is 1.04 bits per heavy atom. The summed E-state index contributed by atoms with van der Waals surface area (Å²) in [5, 5.41) is 2.79. The van der Waals surface area contributed by atoms with Crippen LogP contribution in [0.3, 0.4) is 0 Å². The van der Waals surface area contributed by atoms with Crippen LogP contribution in [0.25, 0.3) is 0 Å². The van der Waals surface area contributed by atoms with Gasteiger partial charge in [0.15, 0.2) is 0 Å². The van der Waals surface area contributed by atoms with Crippen molar-refractivity contribution < 1.29 is 13.2 Å². The van der Waals surface area contributed by atoms with Crippen molar-refractivity contribution in [3.63, 3.8) is 0 Å². The molecule has 2 rings (SSSR count). The molecule has 25 heavy (non-hydrogen) atoms. The minimum atomic E-state index is -3.44. The van der Waals surface area contributed by atoms with Crippen molar-refractivity contribution in [3.05, 3.63) is 65.2 Å². The zero-order valence-electron chi connectivity index (χ0n) is 14.3. The van der Waals surface area contributed by atoms with Gasteiger partial charge in [0, 0.05) is 18.3 Å². The summed E-state index contributed by atoms with van der Waals surface area (Å²) in [5.41, 5.74) is 8.00. The summed E-state index contributed by atoms with van der Waals surface area (Å²) < 4.78 is 26.9. The normalized spacial score (nSPS) is 11.5. The van der Waals surface area contributed by atoms with Crippen molar-refractivity contribution >= 4 is 21.6 Å². The molecule has 0 aromatic heterocycles. The Bertz CT molecular complexity index is 848. The summed E-state index contributed by atoms with van der Waals surface area (Å²) in [4.78, 5) is 12.3. The van der Waals surface area contributed by atoms with Crippen LogP contribution in [-0.4, -0.2) is 20.4 Å². The summed E-state index contributed by atoms with van der Waals surface area (Å²) in [5.74, 6) is -0.430. The molecule has 1 amide bonds. The fraction of sp³-hybridized carbons (Fsp3) is 0.278. The van der Waals surface area contributed by atoms with E-state index in [9.17, 15) is 13.2 Å². The standard InChI is InChI=1S/C18H23N3O3S/c1-13(2)21-25(23,24)12-15-8-4-3-7-14(15)11-20-18(22)16-9-5-6-10-17(16)19/h3-10,13,21H,11-12,19H2,1-2H3,(H,20,22). The molecule has 0 bridgehead atoms. The number of benzene rings is 2. The molecule has 0 fully saturated rings. The van der Waals surface area contributed by atoms with Crippen LogP contribution in [-0.2, 0) is 22.3 Å². The molecule has 0 saturated heterocycles. The van der Waals surface area contributed by atoms with Crippen molar-refractivity contribution in [3.8, 4) is 0 Å². The van der Waals surface area contributed by atoms with Crippen LogP contribution in [0.4, 0.5) is 5.69 Å². The number of nitrogens with one attached hydrogen (secondary N) is 2. The third-order valence-electron chi connectivity index (χ3n) is 3.52. The Hall–Kier alpha value is -2.38. The van der Waals surface area contributed by atoms with Gasteiger partial charge in [-0.3, -0.25) is 4.79 Å². The third-order valence-corrected chi connectivity index (χ3v) is 5.05. The first-order valence-electron chi connectivity index (χ1n) is 7.98. The lowest BCUT2D eigenvalue weighted by Crippen LogP contribution is -2.32. The van der Waals surface area contributed by atoms with Crippen molar-refractivity contribution in [2.75, 3.05) is 5.73 Å². The van der Waals surface area contributed by atoms with Crippen LogP contribution in [0.1, 0.15) is 35.3 Å². The highest BCUT2D eigenvalue weighted by atomic mass is 32.2. The Labute approximate surface area is 148 Å². The minimum absolute atomic E-state index is 0.134. The number of carbonyl (C=O) groups is 1. The van der Waals surface area contributed by atoms with E-state index in [-0.39, 0.29) is 24.2 Å². The maximum atomic E-state index is 12.3. The first-order valence-corrected chi connectivity index (χ1v) is 9.63. The molecule has 0 aliphatic carbocycles. The zero-order valence-corrected chi connectivity index (χ0v) is 15.1. The van der Waals surface area contributed by atoms with Crippen LogP contribution in [0, 0.1) is 0 Å². The lowest BCUT2D eigenvalue weighted by molar-refractivity contribution is 0.0951. The molecule has 0 spiro atoms. The molecule has 2 aromatic carbocycles. The SMILES string of the molecule is CC(C)NS(=O)(=O)Cc1ccccc1CNC(=O)c1ccccc1N. The molecule has 0 heterocycles. The number of anilines is 1. The number of hydrogen-bond acceptors (Lipinski definition) is 4. The number of hydrogen-bond donors (Lipinski definition) is 3. The van der Waals surface area contributed by atoms with E-state index in [0.717, 1.165) is 5.56 Å². The highest BCUT2D eigenvalue weighted by Crippen LogP contribution is 2.14. The third kappa shape index (κ3) is 5.58. The Morgan fingerprint density at radius 3 is 2.28 bits per heavy atom. The molecule has 0 aliphatic heterocycles. The topological polar surface area (TPSA) is 101 Å². The van der Waals surface area contributed by atoms with Gasteiger partial charge in [0.25, 0.3) is 5.91 Å². The van der Waals surface area contributed by atoms with Crippen molar-refractivity contribution in [1.82, 2.24) is 10.0 Å². The second-order valence-electron chi connectivity index (χ2n) is 6.07. The number of sulfonamides is 1. The zero-order chi connectivity index (χ0) is 18.4. The highest BCUT2D eigenvalue weighted by Gasteiger charge is 2.16. The molecular weight excluding hydrogens is 338 g/mol. The van der Waals surface area contributed by atoms with Crippen molar-refractivity contribution in [2.24, 2.45) is 0 Å². The second-order valence-corrected chi connectivity index (χ2v) is 7.82. The van der Waals surface area contributed by atoms with Gasteiger partial charge < -0.3 is 11.1 Å². The van der Waals surface area contributed by atoms with Gasteiger partial charge in [-0.1, -0.05) is 36.4 Å². The fourth-order valence-corrected chi connectivity index (χ4v) is 3.94. The first kappa shape index (κ1) is 19.0. The van der Waals surface area contributed by atoms with Gasteiger partial charge in [0.05, 0.1) is 11.3 Å². The van der Waals surface area contributed by atoms with Crippen molar-refractivity contribution in [1.29, 1.82) is 0 Å². The van der Waals surface area contributed by atoms with E-state index in [1.807, 2.05) is 6.07 Å². The molecule has 6 nitrogen and oxygen atoms in total. The molecule has 0 saturated carbocycles. The number of nitrogen functional groups attached to an aromatic ring is 1. The monoisotopic (exact) mass is 361 g/mol. The lowest BCUT2D eigenvalue weighted by Gasteiger charge is -2.13. The molecule has 0 radical (unpaired) electrons. The summed E-state index contributed by atoms with van der Waals surface area (Å²) in [6.45, 7) is 3.77.